The summed E-state index contributed by atoms with van der Waals surface area (Å²) >= 11 is 0. The van der Waals surface area contributed by atoms with Crippen molar-refractivity contribution in [1.82, 2.24) is 20.2 Å². The molecule has 208 valence electrons. The highest BCUT2D eigenvalue weighted by atomic mass is 16.4. The number of benzene rings is 2. The van der Waals surface area contributed by atoms with Crippen LogP contribution in [0.2, 0.25) is 0 Å². The molecule has 2 heterocycles. The van der Waals surface area contributed by atoms with Crippen molar-refractivity contribution in [2.45, 2.75) is 52.3 Å². The Morgan fingerprint density at radius 1 is 0.875 bits per heavy atom. The van der Waals surface area contributed by atoms with Gasteiger partial charge >= 0.3 is 5.97 Å². The average molecular weight is 541 g/mol. The molecule has 0 saturated heterocycles. The summed E-state index contributed by atoms with van der Waals surface area (Å²) in [6.45, 7) is 6.93. The highest BCUT2D eigenvalue weighted by Crippen LogP contribution is 2.17. The average Bonchev–Trinajstić information content (AvgIpc) is 3.29. The van der Waals surface area contributed by atoms with Gasteiger partial charge in [-0.15, -0.1) is 0 Å². The van der Waals surface area contributed by atoms with E-state index in [1.165, 1.54) is 12.1 Å². The van der Waals surface area contributed by atoms with Crippen molar-refractivity contribution in [3.63, 3.8) is 0 Å². The first-order valence-electron chi connectivity index (χ1n) is 13.4. The van der Waals surface area contributed by atoms with Crippen LogP contribution in [0.3, 0.4) is 0 Å². The molecule has 0 radical (unpaired) electrons. The molecular weight excluding hydrogens is 504 g/mol. The number of carbonyl (C=O) groups is 2. The van der Waals surface area contributed by atoms with Crippen molar-refractivity contribution in [3.8, 4) is 5.82 Å². The predicted octanol–water partition coefficient (Wildman–Crippen LogP) is 4.30. The molecule has 2 aromatic heterocycles. The molecule has 8 heteroatoms. The fourth-order valence-corrected chi connectivity index (χ4v) is 4.62. The molecule has 2 unspecified atom stereocenters. The molecule has 2 atom stereocenters. The van der Waals surface area contributed by atoms with Crippen molar-refractivity contribution in [1.29, 1.82) is 0 Å². The maximum absolute atomic E-state index is 12.4. The summed E-state index contributed by atoms with van der Waals surface area (Å²) < 4.78 is 2.08. The first kappa shape index (κ1) is 28.7. The van der Waals surface area contributed by atoms with Crippen LogP contribution in [-0.2, 0) is 24.2 Å². The van der Waals surface area contributed by atoms with E-state index in [1.54, 1.807) is 18.3 Å². The Kier molecular flexibility index (Phi) is 9.47. The van der Waals surface area contributed by atoms with Gasteiger partial charge in [-0.2, -0.15) is 0 Å². The van der Waals surface area contributed by atoms with Crippen molar-refractivity contribution >= 4 is 11.9 Å². The van der Waals surface area contributed by atoms with Crippen molar-refractivity contribution < 1.29 is 19.8 Å². The third-order valence-electron chi connectivity index (χ3n) is 6.94. The topological polar surface area (TPSA) is 116 Å². The molecule has 0 fully saturated rings. The van der Waals surface area contributed by atoms with Gasteiger partial charge in [0, 0.05) is 42.3 Å². The van der Waals surface area contributed by atoms with Crippen LogP contribution in [-0.4, -0.2) is 44.2 Å². The number of nitrogens with zero attached hydrogens (tertiary/aromatic N) is 2. The lowest BCUT2D eigenvalue weighted by atomic mass is 10.0. The van der Waals surface area contributed by atoms with Crippen LogP contribution in [0.25, 0.3) is 5.82 Å². The number of aromatic carboxylic acids is 1. The molecule has 0 aliphatic rings. The molecule has 4 aromatic rings. The normalized spacial score (nSPS) is 12.6. The zero-order chi connectivity index (χ0) is 28.6. The van der Waals surface area contributed by atoms with E-state index in [0.29, 0.717) is 13.1 Å². The third-order valence-corrected chi connectivity index (χ3v) is 6.94. The second-order valence-electron chi connectivity index (χ2n) is 10.2. The Morgan fingerprint density at radius 3 is 2.10 bits per heavy atom. The SMILES string of the molecule is Cc1ccc(C)n1-c1ccc(C(O)CNC(C)Cc2ccc(CC(=O)NCc3ccc(C(=O)O)cc3)cc2)cn1. The minimum Gasteiger partial charge on any atom is -0.478 e. The van der Waals surface area contributed by atoms with Crippen LogP contribution < -0.4 is 10.6 Å². The number of aliphatic hydroxyl groups is 1. The minimum absolute atomic E-state index is 0.0970. The lowest BCUT2D eigenvalue weighted by Gasteiger charge is -2.18. The summed E-state index contributed by atoms with van der Waals surface area (Å²) in [5.74, 6) is -0.231. The number of pyridine rings is 1. The van der Waals surface area contributed by atoms with E-state index in [4.69, 9.17) is 5.11 Å². The van der Waals surface area contributed by atoms with Crippen molar-refractivity contribution in [2.24, 2.45) is 0 Å². The number of hydrogen-bond acceptors (Lipinski definition) is 5. The summed E-state index contributed by atoms with van der Waals surface area (Å²) in [4.78, 5) is 27.9. The number of amides is 1. The van der Waals surface area contributed by atoms with Gasteiger partial charge in [-0.05, 0) is 74.2 Å². The van der Waals surface area contributed by atoms with Crippen LogP contribution in [0.15, 0.2) is 79.0 Å². The molecule has 0 aliphatic heterocycles. The van der Waals surface area contributed by atoms with Gasteiger partial charge < -0.3 is 25.4 Å². The summed E-state index contributed by atoms with van der Waals surface area (Å²) in [5.41, 5.74) is 6.12. The largest absolute Gasteiger partial charge is 0.478 e. The number of nitrogens with one attached hydrogen (secondary N) is 2. The van der Waals surface area contributed by atoms with E-state index >= 15 is 0 Å². The second kappa shape index (κ2) is 13.2. The molecule has 8 nitrogen and oxygen atoms in total. The number of aliphatic hydroxyl groups excluding tert-OH is 1. The zero-order valence-corrected chi connectivity index (χ0v) is 23.1. The number of aryl methyl sites for hydroxylation is 2. The lowest BCUT2D eigenvalue weighted by molar-refractivity contribution is -0.120. The number of hydrogen-bond donors (Lipinski definition) is 4. The Labute approximate surface area is 234 Å². The quantitative estimate of drug-likeness (QED) is 0.213. The predicted molar refractivity (Wildman–Crippen MR) is 155 cm³/mol. The summed E-state index contributed by atoms with van der Waals surface area (Å²) in [7, 11) is 0. The lowest BCUT2D eigenvalue weighted by Crippen LogP contribution is -2.32. The van der Waals surface area contributed by atoms with Crippen LogP contribution in [0.5, 0.6) is 0 Å². The number of aromatic nitrogens is 2. The molecule has 0 spiro atoms. The molecule has 0 bridgehead atoms. The zero-order valence-electron chi connectivity index (χ0n) is 23.1. The fraction of sp³-hybridized carbons (Fsp3) is 0.281. The van der Waals surface area contributed by atoms with Gasteiger partial charge in [-0.25, -0.2) is 9.78 Å². The Hall–Kier alpha value is -4.27. The number of rotatable bonds is 12. The smallest absolute Gasteiger partial charge is 0.335 e. The van der Waals surface area contributed by atoms with Crippen LogP contribution >= 0.6 is 0 Å². The summed E-state index contributed by atoms with van der Waals surface area (Å²) in [6, 6.07) is 22.5. The van der Waals surface area contributed by atoms with E-state index in [0.717, 1.165) is 45.9 Å². The maximum atomic E-state index is 12.4. The molecular formula is C32H36N4O4. The highest BCUT2D eigenvalue weighted by molar-refractivity contribution is 5.87. The first-order chi connectivity index (χ1) is 19.2. The molecule has 2 aromatic carbocycles. The maximum Gasteiger partial charge on any atom is 0.335 e. The van der Waals surface area contributed by atoms with Gasteiger partial charge in [0.05, 0.1) is 18.1 Å². The minimum atomic E-state index is -0.973. The van der Waals surface area contributed by atoms with E-state index < -0.39 is 12.1 Å². The van der Waals surface area contributed by atoms with Gasteiger partial charge in [0.15, 0.2) is 0 Å². The second-order valence-corrected chi connectivity index (χ2v) is 10.2. The fourth-order valence-electron chi connectivity index (χ4n) is 4.62. The third kappa shape index (κ3) is 7.65. The molecule has 0 aliphatic carbocycles. The molecule has 0 saturated carbocycles. The van der Waals surface area contributed by atoms with Gasteiger partial charge in [0.1, 0.15) is 5.82 Å². The number of carbonyl (C=O) groups excluding carboxylic acids is 1. The van der Waals surface area contributed by atoms with Crippen molar-refractivity contribution in [2.75, 3.05) is 6.54 Å². The molecule has 4 N–H and O–H groups in total. The standard InChI is InChI=1S/C32H36N4O4/c1-21(33-20-29(37)28-14-15-30(34-19-28)36-22(2)4-5-23(36)3)16-24-6-8-25(9-7-24)17-31(38)35-18-26-10-12-27(13-11-26)32(39)40/h4-15,19,21,29,33,37H,16-18,20H2,1-3H3,(H,35,38)(H,39,40). The van der Waals surface area contributed by atoms with Crippen LogP contribution in [0, 0.1) is 13.8 Å². The van der Waals surface area contributed by atoms with E-state index in [9.17, 15) is 14.7 Å². The number of carboxylic acids is 1. The molecule has 4 rings (SSSR count). The van der Waals surface area contributed by atoms with Crippen LogP contribution in [0.1, 0.15) is 57.0 Å². The summed E-state index contributed by atoms with van der Waals surface area (Å²) in [5, 5.41) is 25.9. The van der Waals surface area contributed by atoms with Gasteiger partial charge in [0.25, 0.3) is 0 Å². The Bertz CT molecular complexity index is 1410. The monoisotopic (exact) mass is 540 g/mol. The van der Waals surface area contributed by atoms with Crippen LogP contribution in [0.4, 0.5) is 0 Å². The van der Waals surface area contributed by atoms with Gasteiger partial charge in [0.2, 0.25) is 5.91 Å². The van der Waals surface area contributed by atoms with E-state index in [-0.39, 0.29) is 23.9 Å². The first-order valence-corrected chi connectivity index (χ1v) is 13.4. The molecule has 1 amide bonds. The van der Waals surface area contributed by atoms with E-state index in [2.05, 4.69) is 39.2 Å². The summed E-state index contributed by atoms with van der Waals surface area (Å²) in [6.07, 6.45) is 2.13. The molecule has 40 heavy (non-hydrogen) atoms. The van der Waals surface area contributed by atoms with Gasteiger partial charge in [-0.1, -0.05) is 42.5 Å². The number of carboxylic acid groups (broad SMARTS) is 1. The van der Waals surface area contributed by atoms with E-state index in [1.807, 2.05) is 50.2 Å². The van der Waals surface area contributed by atoms with Crippen molar-refractivity contribution in [3.05, 3.63) is 118 Å². The Balaban J connectivity index is 1.20. The van der Waals surface area contributed by atoms with Gasteiger partial charge in [-0.3, -0.25) is 4.79 Å². The highest BCUT2D eigenvalue weighted by Gasteiger charge is 2.13. The Morgan fingerprint density at radius 2 is 1.50 bits per heavy atom.